The Morgan fingerprint density at radius 1 is 0.857 bits per heavy atom. The topological polar surface area (TPSA) is 376 Å². The van der Waals surface area contributed by atoms with Crippen molar-refractivity contribution in [1.82, 2.24) is 26.6 Å². The van der Waals surface area contributed by atoms with E-state index in [1.54, 1.807) is 6.92 Å². The van der Waals surface area contributed by atoms with Crippen molar-refractivity contribution < 1.29 is 68.4 Å². The van der Waals surface area contributed by atoms with E-state index >= 15 is 0 Å². The number of amides is 4. The molecule has 13 N–H and O–H groups in total. The van der Waals surface area contributed by atoms with Crippen LogP contribution in [0.4, 0.5) is 0 Å². The Labute approximate surface area is 326 Å². The standard InChI is InChI=1S/C32H42N8O14S2/c1-13-25-14(6-7-35-13)32(56-12-18(29(50)37-10-24(46)47)39-22(43)5-3-16(34)31(53)54)26(40-25)20(8-19(41)27(32)48)55-11-17(28(49)36-9-23(44)45)38-21(42)4-2-15(33)30(51)52/h8,13,15-18,35H,2-7,9-12,33-34H2,1H3,(H,36,49)(H,37,50)(H,38,42)(H,39,43)(H,44,45)(H,46,47)(H,51,52)(H,53,54)/t13?,15-,16-,17-,18-,32?/m0/s1. The molecule has 0 spiro atoms. The highest BCUT2D eigenvalue weighted by Gasteiger charge is 2.58. The maximum absolute atomic E-state index is 14.1. The van der Waals surface area contributed by atoms with E-state index in [1.165, 1.54) is 0 Å². The molecule has 306 valence electrons. The van der Waals surface area contributed by atoms with Crippen molar-refractivity contribution in [3.8, 4) is 0 Å². The molecule has 56 heavy (non-hydrogen) atoms. The number of Topliss-reactive ketones (excluding diaryl/α,β-unsaturated/α-hetero) is 1. The van der Waals surface area contributed by atoms with Crippen LogP contribution in [0, 0.1) is 0 Å². The van der Waals surface area contributed by atoms with Crippen LogP contribution in [-0.4, -0.2) is 151 Å². The van der Waals surface area contributed by atoms with Gasteiger partial charge in [-0.25, -0.2) is 0 Å². The second-order valence-electron chi connectivity index (χ2n) is 12.7. The molecular formula is C32H42N8O14S2. The van der Waals surface area contributed by atoms with Crippen LogP contribution in [0.25, 0.3) is 0 Å². The zero-order valence-corrected chi connectivity index (χ0v) is 31.5. The number of thioether (sulfide) groups is 2. The molecule has 2 heterocycles. The third kappa shape index (κ3) is 11.7. The predicted molar refractivity (Wildman–Crippen MR) is 197 cm³/mol. The van der Waals surface area contributed by atoms with Gasteiger partial charge in [-0.3, -0.25) is 52.9 Å². The highest BCUT2D eigenvalue weighted by Crippen LogP contribution is 2.51. The molecule has 2 unspecified atom stereocenters. The smallest absolute Gasteiger partial charge is 0.322 e. The number of rotatable bonds is 22. The van der Waals surface area contributed by atoms with Gasteiger partial charge < -0.3 is 58.5 Å². The van der Waals surface area contributed by atoms with Gasteiger partial charge in [0.15, 0.2) is 0 Å². The Hall–Kier alpha value is -5.17. The Kier molecular flexibility index (Phi) is 16.3. The third-order valence-electron chi connectivity index (χ3n) is 8.58. The minimum Gasteiger partial charge on any atom is -0.480 e. The van der Waals surface area contributed by atoms with E-state index in [1.807, 2.05) is 0 Å². The van der Waals surface area contributed by atoms with Crippen molar-refractivity contribution in [3.05, 3.63) is 22.3 Å². The lowest BCUT2D eigenvalue weighted by molar-refractivity contribution is -0.140. The van der Waals surface area contributed by atoms with Crippen molar-refractivity contribution >= 4 is 88.3 Å². The molecule has 0 radical (unpaired) electrons. The van der Waals surface area contributed by atoms with Gasteiger partial charge in [-0.15, -0.1) is 23.5 Å². The minimum absolute atomic E-state index is 0.0459. The largest absolute Gasteiger partial charge is 0.480 e. The monoisotopic (exact) mass is 826 g/mol. The fourth-order valence-electron chi connectivity index (χ4n) is 5.67. The van der Waals surface area contributed by atoms with E-state index in [-0.39, 0.29) is 35.6 Å². The lowest BCUT2D eigenvalue weighted by atomic mass is 9.81. The molecule has 0 aromatic heterocycles. The molecule has 24 heteroatoms. The van der Waals surface area contributed by atoms with Crippen LogP contribution < -0.4 is 38.1 Å². The fourth-order valence-corrected chi connectivity index (χ4v) is 8.39. The summed E-state index contributed by atoms with van der Waals surface area (Å²) in [5.41, 5.74) is 11.8. The fraction of sp³-hybridized carbons (Fsp3) is 0.531. The number of hydrogen-bond donors (Lipinski definition) is 11. The van der Waals surface area contributed by atoms with Gasteiger partial charge >= 0.3 is 23.9 Å². The summed E-state index contributed by atoms with van der Waals surface area (Å²) in [5.74, 6) is -11.7. The normalized spacial score (nSPS) is 20.9. The lowest BCUT2D eigenvalue weighted by Gasteiger charge is -2.37. The van der Waals surface area contributed by atoms with Crippen LogP contribution in [0.5, 0.6) is 0 Å². The van der Waals surface area contributed by atoms with Crippen LogP contribution >= 0.6 is 23.5 Å². The van der Waals surface area contributed by atoms with Crippen molar-refractivity contribution in [2.75, 3.05) is 31.1 Å². The van der Waals surface area contributed by atoms with Gasteiger partial charge in [0.2, 0.25) is 35.2 Å². The van der Waals surface area contributed by atoms with E-state index in [9.17, 15) is 47.9 Å². The Bertz CT molecular complexity index is 1770. The molecule has 0 aromatic rings. The SMILES string of the molecule is CC1NCCC2=C1N=C1C(SC[C@H](NC(=O)CC[C@H](N)C(=O)O)C(=O)NCC(=O)O)=CC(=O)C(=O)C12SC[C@H](NC(=O)CC[C@H](N)C(=O)O)C(=O)NCC(=O)O. The number of nitrogens with zero attached hydrogens (tertiary/aromatic N) is 1. The number of nitrogens with two attached hydrogens (primary N) is 2. The number of carboxylic acid groups (broad SMARTS) is 4. The first kappa shape index (κ1) is 45.2. The minimum atomic E-state index is -1.86. The summed E-state index contributed by atoms with van der Waals surface area (Å²) in [7, 11) is 0. The average molecular weight is 827 g/mol. The molecule has 22 nitrogen and oxygen atoms in total. The van der Waals surface area contributed by atoms with E-state index < -0.39 is 126 Å². The van der Waals surface area contributed by atoms with Crippen molar-refractivity contribution in [2.24, 2.45) is 16.5 Å². The van der Waals surface area contributed by atoms with Gasteiger partial charge in [-0.2, -0.15) is 0 Å². The van der Waals surface area contributed by atoms with Gasteiger partial charge in [-0.05, 0) is 38.3 Å². The molecule has 3 rings (SSSR count). The summed E-state index contributed by atoms with van der Waals surface area (Å²) < 4.78 is -1.86. The number of aliphatic imine (C=N–C) groups is 1. The predicted octanol–water partition coefficient (Wildman–Crippen LogP) is -3.93. The summed E-state index contributed by atoms with van der Waals surface area (Å²) >= 11 is 1.60. The van der Waals surface area contributed by atoms with Crippen molar-refractivity contribution in [2.45, 2.75) is 74.0 Å². The zero-order chi connectivity index (χ0) is 41.9. The molecule has 1 aliphatic carbocycles. The Morgan fingerprint density at radius 2 is 1.36 bits per heavy atom. The van der Waals surface area contributed by atoms with Crippen LogP contribution in [0.2, 0.25) is 0 Å². The molecule has 0 bridgehead atoms. The van der Waals surface area contributed by atoms with Gasteiger partial charge in [0.1, 0.15) is 42.0 Å². The molecule has 0 aromatic carbocycles. The molecular weight excluding hydrogens is 785 g/mol. The Morgan fingerprint density at radius 3 is 1.84 bits per heavy atom. The van der Waals surface area contributed by atoms with Crippen molar-refractivity contribution in [1.29, 1.82) is 0 Å². The number of ketones is 2. The quantitative estimate of drug-likeness (QED) is 0.0464. The molecule has 0 saturated heterocycles. The molecule has 4 amide bonds. The second-order valence-corrected chi connectivity index (χ2v) is 15.0. The number of nitrogens with one attached hydrogen (secondary N) is 5. The van der Waals surface area contributed by atoms with Crippen LogP contribution in [-0.2, 0) is 47.9 Å². The zero-order valence-electron chi connectivity index (χ0n) is 29.8. The summed E-state index contributed by atoms with van der Waals surface area (Å²) in [4.78, 5) is 129. The number of aliphatic carboxylic acids is 4. The van der Waals surface area contributed by atoms with Gasteiger partial charge in [0.25, 0.3) is 0 Å². The molecule has 3 aliphatic rings. The van der Waals surface area contributed by atoms with Crippen molar-refractivity contribution in [3.63, 3.8) is 0 Å². The maximum Gasteiger partial charge on any atom is 0.322 e. The van der Waals surface area contributed by atoms with Crippen LogP contribution in [0.1, 0.15) is 39.0 Å². The highest BCUT2D eigenvalue weighted by molar-refractivity contribution is 8.05. The molecule has 2 aliphatic heterocycles. The van der Waals surface area contributed by atoms with Crippen LogP contribution in [0.3, 0.4) is 0 Å². The average Bonchev–Trinajstić information content (AvgIpc) is 3.49. The van der Waals surface area contributed by atoms with Crippen LogP contribution in [0.15, 0.2) is 27.2 Å². The Balaban J connectivity index is 1.96. The summed E-state index contributed by atoms with van der Waals surface area (Å²) in [6.07, 6.45) is -0.224. The number of hydrogen-bond acceptors (Lipinski definition) is 16. The second kappa shape index (κ2) is 20.1. The molecule has 0 saturated carbocycles. The third-order valence-corrected chi connectivity index (χ3v) is 11.3. The van der Waals surface area contributed by atoms with Gasteiger partial charge in [0.05, 0.1) is 11.4 Å². The highest BCUT2D eigenvalue weighted by atomic mass is 32.2. The number of fused-ring (bicyclic) bond motifs is 2. The summed E-state index contributed by atoms with van der Waals surface area (Å²) in [6, 6.07) is -6.15. The number of allylic oxidation sites excluding steroid dienone is 2. The first-order chi connectivity index (χ1) is 26.3. The van der Waals surface area contributed by atoms with Gasteiger partial charge in [0, 0.05) is 41.4 Å². The van der Waals surface area contributed by atoms with E-state index in [0.29, 0.717) is 17.8 Å². The first-order valence-electron chi connectivity index (χ1n) is 17.0. The summed E-state index contributed by atoms with van der Waals surface area (Å²) in [6.45, 7) is 0.468. The number of carbonyl (C=O) groups is 10. The molecule has 0 fully saturated rings. The van der Waals surface area contributed by atoms with E-state index in [4.69, 9.17) is 36.9 Å². The number of carboxylic acids is 4. The van der Waals surface area contributed by atoms with E-state index in [2.05, 4.69) is 26.6 Å². The first-order valence-corrected chi connectivity index (χ1v) is 18.9. The summed E-state index contributed by atoms with van der Waals surface area (Å²) in [5, 5.41) is 48.6. The van der Waals surface area contributed by atoms with E-state index in [0.717, 1.165) is 29.6 Å². The molecule has 6 atom stereocenters. The van der Waals surface area contributed by atoms with Gasteiger partial charge in [-0.1, -0.05) is 0 Å². The number of carbonyl (C=O) groups excluding carboxylic acids is 6. The maximum atomic E-state index is 14.1. The lowest BCUT2D eigenvalue weighted by Crippen LogP contribution is -2.54.